The molecular weight excluding hydrogens is 394 g/mol. The van der Waals surface area contributed by atoms with Crippen molar-refractivity contribution in [2.45, 2.75) is 26.7 Å². The summed E-state index contributed by atoms with van der Waals surface area (Å²) < 4.78 is 10.5. The third-order valence-electron chi connectivity index (χ3n) is 5.64. The zero-order valence-electron chi connectivity index (χ0n) is 18.7. The molecule has 1 aliphatic rings. The van der Waals surface area contributed by atoms with Crippen LogP contribution in [0.5, 0.6) is 11.5 Å². The average molecular weight is 426 g/mol. The molecule has 7 nitrogen and oxygen atoms in total. The van der Waals surface area contributed by atoms with Crippen molar-refractivity contribution in [1.29, 1.82) is 0 Å². The maximum absolute atomic E-state index is 13.2. The summed E-state index contributed by atoms with van der Waals surface area (Å²) in [6.07, 6.45) is 2.24. The number of carbonyl (C=O) groups excluding carboxylic acids is 2. The first-order valence-corrected chi connectivity index (χ1v) is 10.7. The quantitative estimate of drug-likeness (QED) is 0.691. The van der Waals surface area contributed by atoms with Gasteiger partial charge in [-0.1, -0.05) is 0 Å². The van der Waals surface area contributed by atoms with Crippen molar-refractivity contribution in [3.63, 3.8) is 0 Å². The second-order valence-electron chi connectivity index (χ2n) is 7.42. The van der Waals surface area contributed by atoms with E-state index in [1.54, 1.807) is 36.3 Å². The van der Waals surface area contributed by atoms with Crippen molar-refractivity contribution < 1.29 is 19.1 Å². The van der Waals surface area contributed by atoms with E-state index in [9.17, 15) is 9.59 Å². The van der Waals surface area contributed by atoms with Crippen molar-refractivity contribution >= 4 is 23.2 Å². The lowest BCUT2D eigenvalue weighted by Crippen LogP contribution is -2.32. The van der Waals surface area contributed by atoms with E-state index in [1.165, 1.54) is 7.11 Å². The minimum atomic E-state index is -0.310. The van der Waals surface area contributed by atoms with Crippen LogP contribution in [0.3, 0.4) is 0 Å². The summed E-state index contributed by atoms with van der Waals surface area (Å²) in [6.45, 7) is 7.08. The van der Waals surface area contributed by atoms with E-state index in [2.05, 4.69) is 10.2 Å². The van der Waals surface area contributed by atoms with Crippen molar-refractivity contribution in [2.24, 2.45) is 0 Å². The van der Waals surface area contributed by atoms with Crippen molar-refractivity contribution in [1.82, 2.24) is 4.90 Å². The molecule has 0 bridgehead atoms. The van der Waals surface area contributed by atoms with E-state index < -0.39 is 0 Å². The smallest absolute Gasteiger partial charge is 0.259 e. The molecule has 0 unspecified atom stereocenters. The number of carbonyl (C=O) groups is 2. The van der Waals surface area contributed by atoms with Crippen LogP contribution in [-0.4, -0.2) is 57.1 Å². The molecule has 0 spiro atoms. The first kappa shape index (κ1) is 22.5. The Bertz CT molecular complexity index is 934. The average Bonchev–Trinajstić information content (AvgIpc) is 3.34. The van der Waals surface area contributed by atoms with Gasteiger partial charge in [-0.2, -0.15) is 0 Å². The zero-order valence-corrected chi connectivity index (χ0v) is 18.7. The van der Waals surface area contributed by atoms with Gasteiger partial charge in [-0.05, 0) is 57.0 Å². The lowest BCUT2D eigenvalue weighted by atomic mass is 10.1. The van der Waals surface area contributed by atoms with Gasteiger partial charge in [0.15, 0.2) is 0 Å². The van der Waals surface area contributed by atoms with Gasteiger partial charge in [-0.25, -0.2) is 0 Å². The molecule has 2 aromatic carbocycles. The molecule has 0 atom stereocenters. The van der Waals surface area contributed by atoms with Crippen molar-refractivity contribution in [3.05, 3.63) is 47.5 Å². The van der Waals surface area contributed by atoms with Crippen LogP contribution in [0.4, 0.5) is 11.4 Å². The first-order chi connectivity index (χ1) is 15.0. The molecular formula is C24H31N3O4. The van der Waals surface area contributed by atoms with Gasteiger partial charge in [0.1, 0.15) is 11.5 Å². The molecule has 1 N–H and O–H groups in total. The van der Waals surface area contributed by atoms with Crippen LogP contribution in [0, 0.1) is 0 Å². The minimum Gasteiger partial charge on any atom is -0.497 e. The Balaban J connectivity index is 1.92. The Hall–Kier alpha value is -3.22. The number of rotatable bonds is 8. The summed E-state index contributed by atoms with van der Waals surface area (Å²) in [5.41, 5.74) is 2.50. The van der Waals surface area contributed by atoms with Crippen LogP contribution in [0.25, 0.3) is 0 Å². The molecule has 0 radical (unpaired) electrons. The van der Waals surface area contributed by atoms with Crippen molar-refractivity contribution in [3.8, 4) is 11.5 Å². The predicted octanol–water partition coefficient (Wildman–Crippen LogP) is 4.04. The lowest BCUT2D eigenvalue weighted by Gasteiger charge is -2.25. The predicted molar refractivity (Wildman–Crippen MR) is 123 cm³/mol. The Morgan fingerprint density at radius 1 is 0.968 bits per heavy atom. The van der Waals surface area contributed by atoms with Gasteiger partial charge >= 0.3 is 0 Å². The fourth-order valence-corrected chi connectivity index (χ4v) is 3.88. The molecule has 0 aromatic heterocycles. The normalized spacial score (nSPS) is 13.1. The molecule has 31 heavy (non-hydrogen) atoms. The van der Waals surface area contributed by atoms with Crippen molar-refractivity contribution in [2.75, 3.05) is 50.6 Å². The van der Waals surface area contributed by atoms with Crippen LogP contribution >= 0.6 is 0 Å². The summed E-state index contributed by atoms with van der Waals surface area (Å²) in [6, 6.07) is 10.6. The third-order valence-corrected chi connectivity index (χ3v) is 5.64. The van der Waals surface area contributed by atoms with Gasteiger partial charge < -0.3 is 24.6 Å². The third kappa shape index (κ3) is 4.93. The lowest BCUT2D eigenvalue weighted by molar-refractivity contribution is 0.0773. The van der Waals surface area contributed by atoms with Crippen LogP contribution in [0.15, 0.2) is 36.4 Å². The van der Waals surface area contributed by atoms with E-state index in [4.69, 9.17) is 9.47 Å². The highest BCUT2D eigenvalue weighted by atomic mass is 16.5. The van der Waals surface area contributed by atoms with E-state index in [0.717, 1.165) is 31.6 Å². The number of ether oxygens (including phenoxy) is 2. The van der Waals surface area contributed by atoms with E-state index in [-0.39, 0.29) is 11.8 Å². The van der Waals surface area contributed by atoms with Gasteiger partial charge in [-0.15, -0.1) is 0 Å². The number of anilines is 2. The number of hydrogen-bond donors (Lipinski definition) is 1. The monoisotopic (exact) mass is 425 g/mol. The summed E-state index contributed by atoms with van der Waals surface area (Å²) in [7, 11) is 3.07. The highest BCUT2D eigenvalue weighted by Gasteiger charge is 2.23. The molecule has 1 fully saturated rings. The number of amides is 2. The molecule has 0 aliphatic carbocycles. The second-order valence-corrected chi connectivity index (χ2v) is 7.42. The Morgan fingerprint density at radius 3 is 2.29 bits per heavy atom. The molecule has 1 heterocycles. The Labute approximate surface area is 183 Å². The Morgan fingerprint density at radius 2 is 1.68 bits per heavy atom. The van der Waals surface area contributed by atoms with E-state index in [0.29, 0.717) is 41.4 Å². The van der Waals surface area contributed by atoms with Gasteiger partial charge in [0.05, 0.1) is 25.3 Å². The topological polar surface area (TPSA) is 71.1 Å². The molecule has 0 saturated carbocycles. The second kappa shape index (κ2) is 10.2. The van der Waals surface area contributed by atoms with Crippen LogP contribution in [0.2, 0.25) is 0 Å². The number of hydrogen-bond acceptors (Lipinski definition) is 5. The Kier molecular flexibility index (Phi) is 7.39. The van der Waals surface area contributed by atoms with Gasteiger partial charge in [0.25, 0.3) is 11.8 Å². The fourth-order valence-electron chi connectivity index (χ4n) is 3.88. The molecule has 7 heteroatoms. The highest BCUT2D eigenvalue weighted by Crippen LogP contribution is 2.30. The van der Waals surface area contributed by atoms with Gasteiger partial charge in [0.2, 0.25) is 0 Å². The summed E-state index contributed by atoms with van der Waals surface area (Å²) in [5, 5.41) is 2.91. The molecule has 2 amide bonds. The summed E-state index contributed by atoms with van der Waals surface area (Å²) >= 11 is 0. The number of benzene rings is 2. The molecule has 2 aromatic rings. The van der Waals surface area contributed by atoms with Gasteiger partial charge in [0, 0.05) is 43.6 Å². The minimum absolute atomic E-state index is 0.0231. The van der Waals surface area contributed by atoms with Crippen LogP contribution < -0.4 is 19.7 Å². The highest BCUT2D eigenvalue weighted by molar-refractivity contribution is 6.08. The fraction of sp³-hybridized carbons (Fsp3) is 0.417. The molecule has 3 rings (SSSR count). The summed E-state index contributed by atoms with van der Waals surface area (Å²) in [4.78, 5) is 30.2. The molecule has 166 valence electrons. The largest absolute Gasteiger partial charge is 0.497 e. The van der Waals surface area contributed by atoms with Crippen LogP contribution in [-0.2, 0) is 0 Å². The first-order valence-electron chi connectivity index (χ1n) is 10.7. The number of nitrogens with zero attached hydrogens (tertiary/aromatic N) is 2. The maximum atomic E-state index is 13.2. The number of methoxy groups -OCH3 is 2. The summed E-state index contributed by atoms with van der Waals surface area (Å²) in [5.74, 6) is 0.695. The SMILES string of the molecule is CCN(CC)C(=O)c1cc(NC(=O)c2ccc(OC)cc2OC)ccc1N1CCCC1. The molecule has 1 saturated heterocycles. The van der Waals surface area contributed by atoms with Crippen LogP contribution in [0.1, 0.15) is 47.4 Å². The zero-order chi connectivity index (χ0) is 22.4. The van der Waals surface area contributed by atoms with E-state index in [1.807, 2.05) is 26.0 Å². The number of nitrogens with one attached hydrogen (secondary N) is 1. The molecule has 1 aliphatic heterocycles. The van der Waals surface area contributed by atoms with Gasteiger partial charge in [-0.3, -0.25) is 9.59 Å². The van der Waals surface area contributed by atoms with E-state index >= 15 is 0 Å². The maximum Gasteiger partial charge on any atom is 0.259 e. The standard InChI is InChI=1S/C24H31N3O4/c1-5-26(6-2)24(29)20-15-17(9-12-21(20)27-13-7-8-14-27)25-23(28)19-11-10-18(30-3)16-22(19)31-4/h9-12,15-16H,5-8,13-14H2,1-4H3,(H,25,28).